The standard InChI is InChI=1S/Fe.Ni.O4Si/c;;1-5(2,3)4/q+3;+1;-4. The van der Waals surface area contributed by atoms with Crippen molar-refractivity contribution in [3.63, 3.8) is 0 Å². The molecule has 0 saturated heterocycles. The Hall–Kier alpha value is 1.07. The zero-order chi connectivity index (χ0) is 4.50. The Kier molecular flexibility index (Phi) is 11.7. The topological polar surface area (TPSA) is 92.2 Å². The average Bonchev–Trinajstić information content (AvgIpc) is 0.722. The molecule has 0 heterocycles. The first-order valence-electron chi connectivity index (χ1n) is 0.816. The third kappa shape index (κ3) is 159. The SMILES string of the molecule is [Fe+3].[Ni+].[O-][Si]([O-])([O-])[O-]. The van der Waals surface area contributed by atoms with Gasteiger partial charge in [0.15, 0.2) is 0 Å². The van der Waals surface area contributed by atoms with Gasteiger partial charge in [-0.3, -0.25) is 0 Å². The van der Waals surface area contributed by atoms with E-state index in [4.69, 9.17) is 19.2 Å². The van der Waals surface area contributed by atoms with Gasteiger partial charge in [-0.2, -0.15) is 0 Å². The molecule has 0 aliphatic rings. The molecule has 7 heavy (non-hydrogen) atoms. The second-order valence-corrected chi connectivity index (χ2v) is 1.50. The van der Waals surface area contributed by atoms with Gasteiger partial charge in [-0.05, 0) is 0 Å². The Labute approximate surface area is 62.1 Å². The molecule has 0 aromatic carbocycles. The molecule has 0 spiro atoms. The van der Waals surface area contributed by atoms with Crippen LogP contribution >= 0.6 is 0 Å². The molecule has 0 unspecified atom stereocenters. The monoisotopic (exact) mass is 206 g/mol. The Morgan fingerprint density at radius 1 is 0.857 bits per heavy atom. The molecule has 0 N–H and O–H groups in total. The van der Waals surface area contributed by atoms with Crippen molar-refractivity contribution in [3.8, 4) is 0 Å². The molecule has 0 aromatic rings. The zero-order valence-electron chi connectivity index (χ0n) is 2.80. The van der Waals surface area contributed by atoms with E-state index >= 15 is 0 Å². The van der Waals surface area contributed by atoms with Crippen molar-refractivity contribution < 1.29 is 52.7 Å². The second kappa shape index (κ2) is 5.21. The van der Waals surface area contributed by atoms with E-state index in [9.17, 15) is 0 Å². The van der Waals surface area contributed by atoms with Crippen LogP contribution in [0.4, 0.5) is 0 Å². The first kappa shape index (κ1) is 15.7. The van der Waals surface area contributed by atoms with Gasteiger partial charge in [-0.25, -0.2) is 0 Å². The molecule has 46 valence electrons. The number of hydrogen-bond acceptors (Lipinski definition) is 4. The first-order chi connectivity index (χ1) is 2.00. The Morgan fingerprint density at radius 3 is 0.857 bits per heavy atom. The van der Waals surface area contributed by atoms with E-state index in [2.05, 4.69) is 0 Å². The summed E-state index contributed by atoms with van der Waals surface area (Å²) >= 11 is 0. The van der Waals surface area contributed by atoms with Crippen LogP contribution in [-0.4, -0.2) is 9.05 Å². The van der Waals surface area contributed by atoms with E-state index in [1.54, 1.807) is 0 Å². The van der Waals surface area contributed by atoms with Gasteiger partial charge < -0.3 is 28.2 Å². The third-order valence-electron chi connectivity index (χ3n) is 0. The molecule has 0 bridgehead atoms. The van der Waals surface area contributed by atoms with Crippen molar-refractivity contribution in [1.82, 2.24) is 0 Å². The fraction of sp³-hybridized carbons (Fsp3) is 0. The summed E-state index contributed by atoms with van der Waals surface area (Å²) in [5, 5.41) is 0. The summed E-state index contributed by atoms with van der Waals surface area (Å²) in [5.74, 6) is 0. The minimum atomic E-state index is -5.61. The van der Waals surface area contributed by atoms with Crippen LogP contribution in [0.5, 0.6) is 0 Å². The van der Waals surface area contributed by atoms with Crippen LogP contribution in [0.3, 0.4) is 0 Å². The van der Waals surface area contributed by atoms with Crippen LogP contribution in [-0.2, 0) is 33.6 Å². The van der Waals surface area contributed by atoms with Crippen LogP contribution in [0.15, 0.2) is 0 Å². The molecule has 2 radical (unpaired) electrons. The molecule has 0 aliphatic heterocycles. The van der Waals surface area contributed by atoms with Gasteiger partial charge in [0.1, 0.15) is 0 Å². The molecule has 0 fully saturated rings. The molecule has 0 atom stereocenters. The Morgan fingerprint density at radius 2 is 0.857 bits per heavy atom. The first-order valence-corrected chi connectivity index (χ1v) is 2.45. The third-order valence-corrected chi connectivity index (χ3v) is 0. The minimum Gasteiger partial charge on any atom is -0.894 e. The van der Waals surface area contributed by atoms with Crippen LogP contribution in [0.1, 0.15) is 0 Å². The summed E-state index contributed by atoms with van der Waals surface area (Å²) < 4.78 is 0. The molecule has 0 rings (SSSR count). The number of rotatable bonds is 0. The molecular weight excluding hydrogens is 207 g/mol. The van der Waals surface area contributed by atoms with Gasteiger partial charge in [0.25, 0.3) is 0 Å². The van der Waals surface area contributed by atoms with E-state index in [-0.39, 0.29) is 33.6 Å². The Bertz CT molecular complexity index is 27.2. The van der Waals surface area contributed by atoms with Gasteiger partial charge in [-0.1, -0.05) is 0 Å². The van der Waals surface area contributed by atoms with Crippen molar-refractivity contribution in [1.29, 1.82) is 0 Å². The van der Waals surface area contributed by atoms with Crippen molar-refractivity contribution in [3.05, 3.63) is 0 Å². The molecular formula is FeNiO4Si. The maximum absolute atomic E-state index is 8.58. The summed E-state index contributed by atoms with van der Waals surface area (Å²) in [6.45, 7) is 0. The van der Waals surface area contributed by atoms with Gasteiger partial charge in [0.2, 0.25) is 0 Å². The van der Waals surface area contributed by atoms with Gasteiger partial charge in [0, 0.05) is 0 Å². The largest absolute Gasteiger partial charge is 3.00 e. The smallest absolute Gasteiger partial charge is 0.894 e. The fourth-order valence-electron chi connectivity index (χ4n) is 0. The average molecular weight is 207 g/mol. The van der Waals surface area contributed by atoms with Gasteiger partial charge >= 0.3 is 33.6 Å². The van der Waals surface area contributed by atoms with E-state index < -0.39 is 9.05 Å². The summed E-state index contributed by atoms with van der Waals surface area (Å²) in [5.41, 5.74) is 0. The summed E-state index contributed by atoms with van der Waals surface area (Å²) in [6.07, 6.45) is 0. The van der Waals surface area contributed by atoms with E-state index in [1.165, 1.54) is 0 Å². The molecule has 0 aliphatic carbocycles. The zero-order valence-corrected chi connectivity index (χ0v) is 5.89. The maximum Gasteiger partial charge on any atom is 3.00 e. The second-order valence-electron chi connectivity index (χ2n) is 0.500. The van der Waals surface area contributed by atoms with Crippen LogP contribution < -0.4 is 19.2 Å². The fourth-order valence-corrected chi connectivity index (χ4v) is 0. The molecule has 7 heteroatoms. The maximum atomic E-state index is 8.58. The molecule has 4 nitrogen and oxygen atoms in total. The summed E-state index contributed by atoms with van der Waals surface area (Å²) in [4.78, 5) is 34.3. The molecule has 0 aromatic heterocycles. The van der Waals surface area contributed by atoms with Crippen LogP contribution in [0.25, 0.3) is 0 Å². The number of hydrogen-bond donors (Lipinski definition) is 0. The molecule has 0 saturated carbocycles. The summed E-state index contributed by atoms with van der Waals surface area (Å²) in [7, 11) is -5.61. The van der Waals surface area contributed by atoms with Crippen molar-refractivity contribution in [2.75, 3.05) is 0 Å². The van der Waals surface area contributed by atoms with E-state index in [0.29, 0.717) is 0 Å². The van der Waals surface area contributed by atoms with Gasteiger partial charge in [0.05, 0.1) is 0 Å². The minimum absolute atomic E-state index is 0. The normalized spacial score (nSPS) is 8.57. The van der Waals surface area contributed by atoms with E-state index in [0.717, 1.165) is 0 Å². The molecule has 0 amide bonds. The van der Waals surface area contributed by atoms with Crippen molar-refractivity contribution in [2.45, 2.75) is 0 Å². The predicted molar refractivity (Wildman–Crippen MR) is 5.75 cm³/mol. The Balaban J connectivity index is -0.0000000800. The van der Waals surface area contributed by atoms with Crippen LogP contribution in [0.2, 0.25) is 0 Å². The van der Waals surface area contributed by atoms with Crippen molar-refractivity contribution >= 4 is 9.05 Å². The summed E-state index contributed by atoms with van der Waals surface area (Å²) in [6, 6.07) is 0. The van der Waals surface area contributed by atoms with E-state index in [1.807, 2.05) is 0 Å². The van der Waals surface area contributed by atoms with Crippen molar-refractivity contribution in [2.24, 2.45) is 0 Å². The van der Waals surface area contributed by atoms with Gasteiger partial charge in [-0.15, -0.1) is 0 Å². The quantitative estimate of drug-likeness (QED) is 0.371. The van der Waals surface area contributed by atoms with Crippen LogP contribution in [0, 0.1) is 0 Å². The predicted octanol–water partition coefficient (Wildman–Crippen LogP) is -5.14.